The summed E-state index contributed by atoms with van der Waals surface area (Å²) in [5, 5.41) is 0. The summed E-state index contributed by atoms with van der Waals surface area (Å²) in [6, 6.07) is 0. The molecule has 0 bridgehead atoms. The van der Waals surface area contributed by atoms with Crippen molar-refractivity contribution < 1.29 is 0 Å². The Morgan fingerprint density at radius 2 is 1.85 bits per heavy atom. The normalized spacial score (nSPS) is 25.2. The summed E-state index contributed by atoms with van der Waals surface area (Å²) in [4.78, 5) is 2.50. The topological polar surface area (TPSA) is 29.3 Å². The molecule has 0 aromatic carbocycles. The van der Waals surface area contributed by atoms with Crippen molar-refractivity contribution in [2.24, 2.45) is 5.73 Å². The smallest absolute Gasteiger partial charge is 0.0252 e. The van der Waals surface area contributed by atoms with Crippen LogP contribution in [-0.2, 0) is 0 Å². The molecule has 4 heteroatoms. The maximum Gasteiger partial charge on any atom is 0.0252 e. The first-order chi connectivity index (χ1) is 6.14. The maximum absolute atomic E-state index is 6.14. The highest BCUT2D eigenvalue weighted by Gasteiger charge is 2.20. The van der Waals surface area contributed by atoms with Crippen LogP contribution in [0, 0.1) is 0 Å². The van der Waals surface area contributed by atoms with Gasteiger partial charge in [0.05, 0.1) is 0 Å². The minimum atomic E-state index is -0.000324. The van der Waals surface area contributed by atoms with Crippen molar-refractivity contribution in [2.75, 3.05) is 31.1 Å². The van der Waals surface area contributed by atoms with E-state index in [1.54, 1.807) is 0 Å². The monoisotopic (exact) mass is 220 g/mol. The number of rotatable bonds is 3. The Balaban J connectivity index is 2.33. The van der Waals surface area contributed by atoms with Gasteiger partial charge in [-0.05, 0) is 13.3 Å². The number of nitrogens with two attached hydrogens (primary N) is 1. The molecule has 1 aliphatic heterocycles. The third-order valence-electron chi connectivity index (χ3n) is 2.46. The summed E-state index contributed by atoms with van der Waals surface area (Å²) >= 11 is 0. The highest BCUT2D eigenvalue weighted by atomic mass is 33.1. The van der Waals surface area contributed by atoms with E-state index in [9.17, 15) is 0 Å². The van der Waals surface area contributed by atoms with Crippen molar-refractivity contribution in [3.8, 4) is 0 Å². The van der Waals surface area contributed by atoms with Crippen LogP contribution in [-0.4, -0.2) is 41.6 Å². The standard InChI is InChI=1S/C9H20N2S2/c1-3-9(2,10)8-11-4-6-12-13-7-5-11/h3-8,10H2,1-2H3. The van der Waals surface area contributed by atoms with Crippen molar-refractivity contribution in [3.05, 3.63) is 0 Å². The minimum absolute atomic E-state index is 0.000324. The van der Waals surface area contributed by atoms with Gasteiger partial charge in [0.25, 0.3) is 0 Å². The van der Waals surface area contributed by atoms with Gasteiger partial charge in [-0.15, -0.1) is 0 Å². The zero-order valence-electron chi connectivity index (χ0n) is 8.58. The second-order valence-electron chi connectivity index (χ2n) is 3.93. The average Bonchev–Trinajstić information content (AvgIpc) is 2.32. The number of nitrogens with zero attached hydrogens (tertiary/aromatic N) is 1. The van der Waals surface area contributed by atoms with E-state index in [4.69, 9.17) is 5.73 Å². The first-order valence-corrected chi connectivity index (χ1v) is 7.38. The van der Waals surface area contributed by atoms with Gasteiger partial charge >= 0.3 is 0 Å². The lowest BCUT2D eigenvalue weighted by atomic mass is 10.00. The summed E-state index contributed by atoms with van der Waals surface area (Å²) in [6.45, 7) is 7.76. The van der Waals surface area contributed by atoms with Gasteiger partial charge in [0.15, 0.2) is 0 Å². The van der Waals surface area contributed by atoms with Gasteiger partial charge in [-0.1, -0.05) is 28.5 Å². The van der Waals surface area contributed by atoms with E-state index in [1.165, 1.54) is 24.6 Å². The van der Waals surface area contributed by atoms with Crippen LogP contribution in [0.1, 0.15) is 20.3 Å². The first kappa shape index (κ1) is 11.7. The molecule has 0 aliphatic carbocycles. The van der Waals surface area contributed by atoms with Crippen LogP contribution in [0.25, 0.3) is 0 Å². The fraction of sp³-hybridized carbons (Fsp3) is 1.00. The molecule has 1 atom stereocenters. The van der Waals surface area contributed by atoms with E-state index in [1.807, 2.05) is 21.6 Å². The summed E-state index contributed by atoms with van der Waals surface area (Å²) < 4.78 is 0. The van der Waals surface area contributed by atoms with Gasteiger partial charge < -0.3 is 5.73 Å². The molecule has 2 nitrogen and oxygen atoms in total. The molecule has 0 aromatic rings. The molecule has 1 rings (SSSR count). The lowest BCUT2D eigenvalue weighted by Crippen LogP contribution is -2.48. The van der Waals surface area contributed by atoms with Crippen molar-refractivity contribution in [3.63, 3.8) is 0 Å². The Hall–Kier alpha value is 0.620. The second kappa shape index (κ2) is 5.49. The zero-order chi connectivity index (χ0) is 9.73. The molecule has 78 valence electrons. The molecule has 1 unspecified atom stereocenters. The SMILES string of the molecule is CCC(C)(N)CN1CCSSCC1. The third-order valence-corrected chi connectivity index (χ3v) is 4.82. The van der Waals surface area contributed by atoms with E-state index < -0.39 is 0 Å². The van der Waals surface area contributed by atoms with Crippen LogP contribution in [0.2, 0.25) is 0 Å². The van der Waals surface area contributed by atoms with Crippen molar-refractivity contribution in [1.82, 2.24) is 4.90 Å². The highest BCUT2D eigenvalue weighted by molar-refractivity contribution is 8.76. The molecule has 0 saturated carbocycles. The van der Waals surface area contributed by atoms with Gasteiger partial charge in [-0.3, -0.25) is 4.90 Å². The Morgan fingerprint density at radius 3 is 2.31 bits per heavy atom. The maximum atomic E-state index is 6.14. The van der Waals surface area contributed by atoms with Crippen LogP contribution < -0.4 is 5.73 Å². The molecule has 1 heterocycles. The quantitative estimate of drug-likeness (QED) is 0.735. The van der Waals surface area contributed by atoms with Gasteiger partial charge in [-0.2, -0.15) is 0 Å². The zero-order valence-corrected chi connectivity index (χ0v) is 10.2. The Labute approximate surface area is 89.4 Å². The van der Waals surface area contributed by atoms with E-state index >= 15 is 0 Å². The van der Waals surface area contributed by atoms with Crippen LogP contribution in [0.3, 0.4) is 0 Å². The predicted molar refractivity (Wildman–Crippen MR) is 64.2 cm³/mol. The van der Waals surface area contributed by atoms with E-state index in [0.717, 1.165) is 13.0 Å². The van der Waals surface area contributed by atoms with Crippen molar-refractivity contribution in [2.45, 2.75) is 25.8 Å². The fourth-order valence-electron chi connectivity index (χ4n) is 1.34. The van der Waals surface area contributed by atoms with Crippen LogP contribution in [0.5, 0.6) is 0 Å². The summed E-state index contributed by atoms with van der Waals surface area (Å²) in [5.41, 5.74) is 6.14. The summed E-state index contributed by atoms with van der Waals surface area (Å²) in [6.07, 6.45) is 1.06. The van der Waals surface area contributed by atoms with E-state index in [-0.39, 0.29) is 5.54 Å². The van der Waals surface area contributed by atoms with Crippen LogP contribution in [0.4, 0.5) is 0 Å². The van der Waals surface area contributed by atoms with Gasteiger partial charge in [0.2, 0.25) is 0 Å². The second-order valence-corrected chi connectivity index (χ2v) is 6.63. The van der Waals surface area contributed by atoms with Gasteiger partial charge in [0.1, 0.15) is 0 Å². The number of hydrogen-bond acceptors (Lipinski definition) is 4. The molecule has 1 aliphatic rings. The molecule has 2 N–H and O–H groups in total. The molecule has 13 heavy (non-hydrogen) atoms. The molecular formula is C9H20N2S2. The molecule has 1 fully saturated rings. The fourth-order valence-corrected chi connectivity index (χ4v) is 3.40. The molecule has 0 spiro atoms. The molecule has 0 radical (unpaired) electrons. The summed E-state index contributed by atoms with van der Waals surface area (Å²) in [7, 11) is 3.97. The Morgan fingerprint density at radius 1 is 1.31 bits per heavy atom. The average molecular weight is 220 g/mol. The van der Waals surface area contributed by atoms with Crippen molar-refractivity contribution in [1.29, 1.82) is 0 Å². The Kier molecular flexibility index (Phi) is 4.94. The first-order valence-electron chi connectivity index (χ1n) is 4.90. The van der Waals surface area contributed by atoms with Crippen molar-refractivity contribution >= 4 is 21.6 Å². The summed E-state index contributed by atoms with van der Waals surface area (Å²) in [5.74, 6) is 2.48. The molecule has 0 aromatic heterocycles. The Bertz CT molecular complexity index is 143. The predicted octanol–water partition coefficient (Wildman–Crippen LogP) is 1.81. The van der Waals surface area contributed by atoms with Crippen LogP contribution >= 0.6 is 21.6 Å². The largest absolute Gasteiger partial charge is 0.324 e. The van der Waals surface area contributed by atoms with E-state index in [2.05, 4.69) is 18.7 Å². The van der Waals surface area contributed by atoms with E-state index in [0.29, 0.717) is 0 Å². The molecule has 1 saturated heterocycles. The lowest BCUT2D eigenvalue weighted by molar-refractivity contribution is 0.236. The minimum Gasteiger partial charge on any atom is -0.324 e. The third kappa shape index (κ3) is 4.58. The van der Waals surface area contributed by atoms with Crippen LogP contribution in [0.15, 0.2) is 0 Å². The lowest BCUT2D eigenvalue weighted by Gasteiger charge is -2.30. The van der Waals surface area contributed by atoms with Gasteiger partial charge in [0, 0.05) is 36.7 Å². The molecular weight excluding hydrogens is 200 g/mol. The van der Waals surface area contributed by atoms with Gasteiger partial charge in [-0.25, -0.2) is 0 Å². The number of hydrogen-bond donors (Lipinski definition) is 1. The highest BCUT2D eigenvalue weighted by Crippen LogP contribution is 2.24. The molecule has 0 amide bonds.